The second-order valence-electron chi connectivity index (χ2n) is 4.54. The molecule has 1 rings (SSSR count). The molecule has 1 aliphatic rings. The summed E-state index contributed by atoms with van der Waals surface area (Å²) in [5, 5.41) is 3.42. The molecular formula is C10H22N2O2S. The summed E-state index contributed by atoms with van der Waals surface area (Å²) in [7, 11) is -0.659. The molecule has 15 heavy (non-hydrogen) atoms. The second kappa shape index (κ2) is 5.82. The van der Waals surface area contributed by atoms with Crippen LogP contribution in [0.5, 0.6) is 0 Å². The summed E-state index contributed by atoms with van der Waals surface area (Å²) in [4.78, 5) is 2.32. The fraction of sp³-hybridized carbons (Fsp3) is 1.00. The Bertz CT molecular complexity index is 277. The summed E-state index contributed by atoms with van der Waals surface area (Å²) in [6, 6.07) is 0.545. The van der Waals surface area contributed by atoms with Gasteiger partial charge >= 0.3 is 0 Å². The van der Waals surface area contributed by atoms with Gasteiger partial charge in [-0.2, -0.15) is 0 Å². The van der Waals surface area contributed by atoms with E-state index in [1.54, 1.807) is 0 Å². The van der Waals surface area contributed by atoms with Crippen molar-refractivity contribution in [2.45, 2.75) is 25.3 Å². The van der Waals surface area contributed by atoms with Gasteiger partial charge in [-0.15, -0.1) is 0 Å². The molecule has 0 radical (unpaired) electrons. The van der Waals surface area contributed by atoms with Gasteiger partial charge in [-0.25, -0.2) is 8.42 Å². The zero-order chi connectivity index (χ0) is 11.3. The van der Waals surface area contributed by atoms with Crippen LogP contribution >= 0.6 is 0 Å². The van der Waals surface area contributed by atoms with Gasteiger partial charge in [-0.1, -0.05) is 0 Å². The summed E-state index contributed by atoms with van der Waals surface area (Å²) in [5.41, 5.74) is 0. The highest BCUT2D eigenvalue weighted by atomic mass is 32.2. The van der Waals surface area contributed by atoms with Gasteiger partial charge in [0.05, 0.1) is 5.75 Å². The molecule has 0 spiro atoms. The normalized spacial score (nSPS) is 24.3. The van der Waals surface area contributed by atoms with Crippen LogP contribution in [-0.2, 0) is 9.84 Å². The SMILES string of the molecule is CN1CCCC(NCCCS(C)(=O)=O)C1. The minimum Gasteiger partial charge on any atom is -0.313 e. The van der Waals surface area contributed by atoms with Crippen LogP contribution in [0.4, 0.5) is 0 Å². The summed E-state index contributed by atoms with van der Waals surface area (Å²) in [5.74, 6) is 0.294. The molecule has 1 atom stereocenters. The van der Waals surface area contributed by atoms with Crippen LogP contribution in [-0.4, -0.2) is 58.1 Å². The molecule has 1 unspecified atom stereocenters. The van der Waals surface area contributed by atoms with Crippen molar-refractivity contribution in [2.24, 2.45) is 0 Å². The lowest BCUT2D eigenvalue weighted by Gasteiger charge is -2.30. The third-order valence-corrected chi connectivity index (χ3v) is 3.78. The van der Waals surface area contributed by atoms with Crippen LogP contribution in [0, 0.1) is 0 Å². The van der Waals surface area contributed by atoms with Crippen molar-refractivity contribution in [1.82, 2.24) is 10.2 Å². The molecule has 0 aliphatic carbocycles. The summed E-state index contributed by atoms with van der Waals surface area (Å²) in [6.45, 7) is 3.08. The minimum absolute atomic E-state index is 0.294. The Morgan fingerprint density at radius 3 is 2.80 bits per heavy atom. The van der Waals surface area contributed by atoms with Crippen molar-refractivity contribution < 1.29 is 8.42 Å². The van der Waals surface area contributed by atoms with Crippen molar-refractivity contribution in [3.8, 4) is 0 Å². The lowest BCUT2D eigenvalue weighted by molar-refractivity contribution is 0.228. The van der Waals surface area contributed by atoms with Crippen molar-refractivity contribution in [3.05, 3.63) is 0 Å². The van der Waals surface area contributed by atoms with Gasteiger partial charge in [0.25, 0.3) is 0 Å². The van der Waals surface area contributed by atoms with Crippen molar-refractivity contribution >= 4 is 9.84 Å². The number of hydrogen-bond donors (Lipinski definition) is 1. The van der Waals surface area contributed by atoms with E-state index in [0.717, 1.165) is 19.5 Å². The third kappa shape index (κ3) is 6.12. The Morgan fingerprint density at radius 1 is 1.47 bits per heavy atom. The van der Waals surface area contributed by atoms with Crippen molar-refractivity contribution in [2.75, 3.05) is 38.7 Å². The standard InChI is InChI=1S/C10H22N2O2S/c1-12-7-3-5-10(9-12)11-6-4-8-15(2,13)14/h10-11H,3-9H2,1-2H3. The van der Waals surface area contributed by atoms with Gasteiger partial charge < -0.3 is 10.2 Å². The number of nitrogens with zero attached hydrogens (tertiary/aromatic N) is 1. The number of nitrogens with one attached hydrogen (secondary N) is 1. The molecule has 0 amide bonds. The minimum atomic E-state index is -2.79. The Hall–Kier alpha value is -0.130. The number of sulfone groups is 1. The lowest BCUT2D eigenvalue weighted by Crippen LogP contribution is -2.44. The molecule has 1 aliphatic heterocycles. The zero-order valence-electron chi connectivity index (χ0n) is 9.70. The maximum atomic E-state index is 10.9. The average Bonchev–Trinajstić information content (AvgIpc) is 2.11. The van der Waals surface area contributed by atoms with Crippen LogP contribution < -0.4 is 5.32 Å². The first-order chi connectivity index (χ1) is 6.97. The van der Waals surface area contributed by atoms with Crippen LogP contribution in [0.3, 0.4) is 0 Å². The number of likely N-dealkylation sites (N-methyl/N-ethyl adjacent to an activating group) is 1. The maximum Gasteiger partial charge on any atom is 0.147 e. The van der Waals surface area contributed by atoms with E-state index in [9.17, 15) is 8.42 Å². The summed E-state index contributed by atoms with van der Waals surface area (Å²) < 4.78 is 21.8. The van der Waals surface area contributed by atoms with Gasteiger partial charge in [0, 0.05) is 18.8 Å². The van der Waals surface area contributed by atoms with Gasteiger partial charge in [-0.3, -0.25) is 0 Å². The number of likely N-dealkylation sites (tertiary alicyclic amines) is 1. The predicted octanol–water partition coefficient (Wildman–Crippen LogP) is 0.105. The van der Waals surface area contributed by atoms with E-state index in [1.807, 2.05) is 0 Å². The lowest BCUT2D eigenvalue weighted by atomic mass is 10.1. The Balaban J connectivity index is 2.09. The maximum absolute atomic E-state index is 10.9. The first-order valence-electron chi connectivity index (χ1n) is 5.57. The van der Waals surface area contributed by atoms with Gasteiger partial charge in [-0.05, 0) is 39.4 Å². The third-order valence-electron chi connectivity index (χ3n) is 2.75. The topological polar surface area (TPSA) is 49.4 Å². The molecule has 0 aromatic heterocycles. The summed E-state index contributed by atoms with van der Waals surface area (Å²) >= 11 is 0. The van der Waals surface area contributed by atoms with E-state index in [4.69, 9.17) is 0 Å². The molecule has 1 saturated heterocycles. The molecule has 90 valence electrons. The molecular weight excluding hydrogens is 212 g/mol. The number of rotatable bonds is 5. The molecule has 1 N–H and O–H groups in total. The van der Waals surface area contributed by atoms with Crippen LogP contribution in [0.15, 0.2) is 0 Å². The van der Waals surface area contributed by atoms with Crippen LogP contribution in [0.2, 0.25) is 0 Å². The highest BCUT2D eigenvalue weighted by Gasteiger charge is 2.15. The fourth-order valence-electron chi connectivity index (χ4n) is 1.97. The number of piperidine rings is 1. The van der Waals surface area contributed by atoms with E-state index in [0.29, 0.717) is 11.8 Å². The fourth-order valence-corrected chi connectivity index (χ4v) is 2.64. The molecule has 0 aromatic carbocycles. The Labute approximate surface area is 93.0 Å². The van der Waals surface area contributed by atoms with Gasteiger partial charge in [0.15, 0.2) is 0 Å². The van der Waals surface area contributed by atoms with E-state index < -0.39 is 9.84 Å². The first-order valence-corrected chi connectivity index (χ1v) is 7.63. The Kier molecular flexibility index (Phi) is 5.02. The van der Waals surface area contributed by atoms with Crippen molar-refractivity contribution in [3.63, 3.8) is 0 Å². The van der Waals surface area contributed by atoms with Crippen LogP contribution in [0.25, 0.3) is 0 Å². The number of hydrogen-bond acceptors (Lipinski definition) is 4. The second-order valence-corrected chi connectivity index (χ2v) is 6.80. The van der Waals surface area contributed by atoms with E-state index in [1.165, 1.54) is 25.6 Å². The first kappa shape index (κ1) is 12.9. The molecule has 0 aromatic rings. The quantitative estimate of drug-likeness (QED) is 0.686. The van der Waals surface area contributed by atoms with Crippen molar-refractivity contribution in [1.29, 1.82) is 0 Å². The smallest absolute Gasteiger partial charge is 0.147 e. The molecule has 0 saturated carbocycles. The van der Waals surface area contributed by atoms with E-state index >= 15 is 0 Å². The molecule has 5 heteroatoms. The zero-order valence-corrected chi connectivity index (χ0v) is 10.5. The highest BCUT2D eigenvalue weighted by Crippen LogP contribution is 2.07. The molecule has 0 bridgehead atoms. The monoisotopic (exact) mass is 234 g/mol. The molecule has 1 fully saturated rings. The molecule has 1 heterocycles. The largest absolute Gasteiger partial charge is 0.313 e. The van der Waals surface area contributed by atoms with Crippen LogP contribution in [0.1, 0.15) is 19.3 Å². The molecule has 4 nitrogen and oxygen atoms in total. The van der Waals surface area contributed by atoms with E-state index in [2.05, 4.69) is 17.3 Å². The highest BCUT2D eigenvalue weighted by molar-refractivity contribution is 7.90. The summed E-state index contributed by atoms with van der Waals surface area (Å²) in [6.07, 6.45) is 4.46. The average molecular weight is 234 g/mol. The Morgan fingerprint density at radius 2 is 2.20 bits per heavy atom. The predicted molar refractivity (Wildman–Crippen MR) is 62.8 cm³/mol. The van der Waals surface area contributed by atoms with Gasteiger partial charge in [0.2, 0.25) is 0 Å². The van der Waals surface area contributed by atoms with Gasteiger partial charge in [0.1, 0.15) is 9.84 Å². The van der Waals surface area contributed by atoms with E-state index in [-0.39, 0.29) is 0 Å².